The Labute approximate surface area is 214 Å². The van der Waals surface area contributed by atoms with Gasteiger partial charge in [0.1, 0.15) is 5.69 Å². The van der Waals surface area contributed by atoms with Gasteiger partial charge in [0.05, 0.1) is 24.0 Å². The lowest BCUT2D eigenvalue weighted by atomic mass is 9.82. The molecule has 2 amide bonds. The largest absolute Gasteiger partial charge is 0.481 e. The van der Waals surface area contributed by atoms with Crippen LogP contribution in [0.1, 0.15) is 36.3 Å². The predicted octanol–water partition coefficient (Wildman–Crippen LogP) is 4.59. The van der Waals surface area contributed by atoms with Crippen LogP contribution >= 0.6 is 23.2 Å². The number of piperidine rings is 1. The molecule has 2 aromatic heterocycles. The van der Waals surface area contributed by atoms with Gasteiger partial charge in [0, 0.05) is 41.7 Å². The quantitative estimate of drug-likeness (QED) is 0.499. The Hall–Kier alpha value is -3.10. The number of ether oxygens (including phenoxy) is 1. The summed E-state index contributed by atoms with van der Waals surface area (Å²) >= 11 is 12.3. The topological polar surface area (TPSA) is 100 Å². The summed E-state index contributed by atoms with van der Waals surface area (Å²) in [5, 5.41) is 11.2. The van der Waals surface area contributed by atoms with Crippen LogP contribution in [0.3, 0.4) is 0 Å². The van der Waals surface area contributed by atoms with Crippen molar-refractivity contribution in [2.24, 2.45) is 11.8 Å². The van der Waals surface area contributed by atoms with Crippen LogP contribution in [-0.4, -0.2) is 51.6 Å². The highest BCUT2D eigenvalue weighted by Gasteiger charge is 2.38. The summed E-state index contributed by atoms with van der Waals surface area (Å²) in [5.41, 5.74) is 2.44. The van der Waals surface area contributed by atoms with Crippen molar-refractivity contribution in [2.75, 3.05) is 13.7 Å². The second-order valence-corrected chi connectivity index (χ2v) is 9.69. The molecule has 2 N–H and O–H groups in total. The van der Waals surface area contributed by atoms with Gasteiger partial charge in [-0.05, 0) is 43.0 Å². The van der Waals surface area contributed by atoms with E-state index < -0.39 is 0 Å². The number of amides is 2. The smallest absolute Gasteiger partial charge is 0.272 e. The normalized spacial score (nSPS) is 19.9. The summed E-state index contributed by atoms with van der Waals surface area (Å²) in [4.78, 5) is 32.1. The van der Waals surface area contributed by atoms with Crippen LogP contribution in [0.5, 0.6) is 5.88 Å². The zero-order valence-electron chi connectivity index (χ0n) is 19.7. The fourth-order valence-electron chi connectivity index (χ4n) is 4.41. The highest BCUT2D eigenvalue weighted by atomic mass is 35.5. The van der Waals surface area contributed by atoms with Gasteiger partial charge in [-0.15, -0.1) is 0 Å². The fourth-order valence-corrected chi connectivity index (χ4v) is 4.82. The minimum Gasteiger partial charge on any atom is -0.481 e. The Morgan fingerprint density at radius 3 is 2.77 bits per heavy atom. The number of halogens is 2. The molecule has 1 aliphatic rings. The van der Waals surface area contributed by atoms with E-state index in [0.717, 1.165) is 5.56 Å². The first-order valence-electron chi connectivity index (χ1n) is 11.3. The summed E-state index contributed by atoms with van der Waals surface area (Å²) in [7, 11) is 1.52. The summed E-state index contributed by atoms with van der Waals surface area (Å²) in [6.07, 6.45) is 2.06. The number of aromatic nitrogens is 3. The first kappa shape index (κ1) is 25.0. The molecule has 0 aliphatic carbocycles. The van der Waals surface area contributed by atoms with Crippen molar-refractivity contribution in [1.82, 2.24) is 25.4 Å². The van der Waals surface area contributed by atoms with Crippen LogP contribution in [0.15, 0.2) is 42.6 Å². The molecule has 10 heteroatoms. The standard InChI is InChI=1S/C25H27Cl2N5O3/c1-14-13-32(15(2)7-18(14)24(33)29-11-16-5-4-6-17(26)8-16)25(34)22-10-21(30-31-22)19-9-23(35-3)28-12-20(19)27/h4-6,8-10,12,14-15,18H,7,11,13H2,1-3H3,(H,29,33)(H,30,31)/t14-,15-,18?/m0/s1. The number of hydrogen-bond donors (Lipinski definition) is 2. The van der Waals surface area contributed by atoms with Gasteiger partial charge in [-0.3, -0.25) is 14.7 Å². The third-order valence-electron chi connectivity index (χ3n) is 6.38. The van der Waals surface area contributed by atoms with Gasteiger partial charge in [0.2, 0.25) is 11.8 Å². The third-order valence-corrected chi connectivity index (χ3v) is 6.91. The zero-order valence-corrected chi connectivity index (χ0v) is 21.2. The molecule has 0 saturated carbocycles. The van der Waals surface area contributed by atoms with E-state index in [9.17, 15) is 9.59 Å². The van der Waals surface area contributed by atoms with E-state index in [1.54, 1.807) is 23.1 Å². The summed E-state index contributed by atoms with van der Waals surface area (Å²) in [6.45, 7) is 4.84. The molecule has 0 bridgehead atoms. The Bertz CT molecular complexity index is 1230. The van der Waals surface area contributed by atoms with Crippen LogP contribution in [0.2, 0.25) is 10.0 Å². The number of rotatable bonds is 6. The molecule has 1 aliphatic heterocycles. The highest BCUT2D eigenvalue weighted by molar-refractivity contribution is 6.33. The molecule has 184 valence electrons. The molecule has 35 heavy (non-hydrogen) atoms. The highest BCUT2D eigenvalue weighted by Crippen LogP contribution is 2.31. The maximum atomic E-state index is 13.3. The van der Waals surface area contributed by atoms with Crippen LogP contribution in [0.25, 0.3) is 11.3 Å². The number of likely N-dealkylation sites (tertiary alicyclic amines) is 1. The van der Waals surface area contributed by atoms with Crippen molar-refractivity contribution in [3.63, 3.8) is 0 Å². The SMILES string of the molecule is COc1cc(-c2cc(C(=O)N3C[C@H](C)C(C(=O)NCc4cccc(Cl)c4)C[C@@H]3C)[nH]n2)c(Cl)cn1. The Balaban J connectivity index is 1.41. The van der Waals surface area contributed by atoms with Gasteiger partial charge in [-0.25, -0.2) is 4.98 Å². The van der Waals surface area contributed by atoms with Gasteiger partial charge in [-0.2, -0.15) is 5.10 Å². The second-order valence-electron chi connectivity index (χ2n) is 8.85. The van der Waals surface area contributed by atoms with Crippen molar-refractivity contribution >= 4 is 35.0 Å². The molecular formula is C25H27Cl2N5O3. The number of aromatic amines is 1. The predicted molar refractivity (Wildman–Crippen MR) is 134 cm³/mol. The van der Waals surface area contributed by atoms with E-state index in [0.29, 0.717) is 52.4 Å². The fraction of sp³-hybridized carbons (Fsp3) is 0.360. The molecule has 0 spiro atoms. The molecule has 1 fully saturated rings. The van der Waals surface area contributed by atoms with Crippen molar-refractivity contribution in [3.05, 3.63) is 63.9 Å². The van der Waals surface area contributed by atoms with Gasteiger partial charge in [0.25, 0.3) is 5.91 Å². The van der Waals surface area contributed by atoms with E-state index in [2.05, 4.69) is 20.5 Å². The number of H-pyrrole nitrogens is 1. The lowest BCUT2D eigenvalue weighted by Gasteiger charge is -2.40. The van der Waals surface area contributed by atoms with Crippen molar-refractivity contribution in [3.8, 4) is 17.1 Å². The Morgan fingerprint density at radius 1 is 1.23 bits per heavy atom. The van der Waals surface area contributed by atoms with Crippen LogP contribution in [0, 0.1) is 11.8 Å². The van der Waals surface area contributed by atoms with Gasteiger partial charge in [-0.1, -0.05) is 42.3 Å². The number of nitrogens with one attached hydrogen (secondary N) is 2. The molecular weight excluding hydrogens is 489 g/mol. The number of carbonyl (C=O) groups excluding carboxylic acids is 2. The molecule has 1 unspecified atom stereocenters. The molecule has 3 heterocycles. The number of benzene rings is 1. The average molecular weight is 516 g/mol. The lowest BCUT2D eigenvalue weighted by Crippen LogP contribution is -2.51. The molecule has 1 aromatic carbocycles. The van der Waals surface area contributed by atoms with Gasteiger partial charge >= 0.3 is 0 Å². The number of methoxy groups -OCH3 is 1. The first-order valence-corrected chi connectivity index (χ1v) is 12.1. The number of nitrogens with zero attached hydrogens (tertiary/aromatic N) is 3. The zero-order chi connectivity index (χ0) is 25.1. The maximum absolute atomic E-state index is 13.3. The van der Waals surface area contributed by atoms with Crippen LogP contribution < -0.4 is 10.1 Å². The minimum absolute atomic E-state index is 0.00388. The minimum atomic E-state index is -0.186. The molecule has 4 rings (SSSR count). The van der Waals surface area contributed by atoms with Crippen molar-refractivity contribution < 1.29 is 14.3 Å². The van der Waals surface area contributed by atoms with Crippen molar-refractivity contribution in [2.45, 2.75) is 32.9 Å². The van der Waals surface area contributed by atoms with Gasteiger partial charge in [0.15, 0.2) is 0 Å². The summed E-state index contributed by atoms with van der Waals surface area (Å²) < 4.78 is 5.16. The summed E-state index contributed by atoms with van der Waals surface area (Å²) in [5.74, 6) is 0.0300. The van der Waals surface area contributed by atoms with E-state index in [4.69, 9.17) is 27.9 Å². The van der Waals surface area contributed by atoms with E-state index in [-0.39, 0.29) is 29.7 Å². The van der Waals surface area contributed by atoms with Crippen molar-refractivity contribution in [1.29, 1.82) is 0 Å². The third kappa shape index (κ3) is 5.60. The lowest BCUT2D eigenvalue weighted by molar-refractivity contribution is -0.129. The number of pyridine rings is 1. The van der Waals surface area contributed by atoms with E-state index in [1.165, 1.54) is 13.3 Å². The molecule has 3 aromatic rings. The van der Waals surface area contributed by atoms with Gasteiger partial charge < -0.3 is 15.0 Å². The monoisotopic (exact) mass is 515 g/mol. The molecule has 8 nitrogen and oxygen atoms in total. The summed E-state index contributed by atoms with van der Waals surface area (Å²) in [6, 6.07) is 10.6. The molecule has 3 atom stereocenters. The average Bonchev–Trinajstić information content (AvgIpc) is 3.34. The van der Waals surface area contributed by atoms with E-state index in [1.807, 2.05) is 32.0 Å². The maximum Gasteiger partial charge on any atom is 0.272 e. The second kappa shape index (κ2) is 10.7. The van der Waals surface area contributed by atoms with Crippen LogP contribution in [-0.2, 0) is 11.3 Å². The number of carbonyl (C=O) groups is 2. The Kier molecular flexibility index (Phi) is 7.62. The van der Waals surface area contributed by atoms with E-state index >= 15 is 0 Å². The molecule has 0 radical (unpaired) electrons. The van der Waals surface area contributed by atoms with Crippen LogP contribution in [0.4, 0.5) is 0 Å². The molecule has 1 saturated heterocycles. The Morgan fingerprint density at radius 2 is 2.03 bits per heavy atom. The first-order chi connectivity index (χ1) is 16.8. The number of hydrogen-bond acceptors (Lipinski definition) is 5.